The minimum Gasteiger partial charge on any atom is -0.460 e. The molecule has 1 unspecified atom stereocenters. The standard InChI is InChI=1S/C35H45N3O6/c1-21(2)43-34(42)36-20-22(3)37(23(4)39)30-15-12-27(19-31(30)36)25-8-10-26(11-9-25)33(41)38-28-13-14-29(38)17-24(16-28)18-32(40)44-35(5,6)7/h8-12,15,19,21-22,24,28-29H,13-14,16-18,20H2,1-7H3/t22-,24?,28-,29+/m0/s1. The van der Waals surface area contributed by atoms with Gasteiger partial charge in [-0.3, -0.25) is 19.3 Å². The van der Waals surface area contributed by atoms with E-state index in [9.17, 15) is 19.2 Å². The number of nitrogens with zero attached hydrogens (tertiary/aromatic N) is 3. The minimum atomic E-state index is -0.496. The van der Waals surface area contributed by atoms with Crippen LogP contribution < -0.4 is 9.80 Å². The normalized spacial score (nSPS) is 23.0. The molecule has 2 aromatic carbocycles. The van der Waals surface area contributed by atoms with Crippen LogP contribution in [0.15, 0.2) is 42.5 Å². The van der Waals surface area contributed by atoms with Crippen molar-refractivity contribution in [2.45, 2.75) is 110 Å². The summed E-state index contributed by atoms with van der Waals surface area (Å²) in [4.78, 5) is 57.0. The molecule has 3 heterocycles. The van der Waals surface area contributed by atoms with Gasteiger partial charge in [-0.05, 0) is 109 Å². The Bertz CT molecular complexity index is 1410. The molecule has 3 aliphatic heterocycles. The Hall–Kier alpha value is -3.88. The maximum Gasteiger partial charge on any atom is 0.414 e. The molecule has 3 amide bonds. The van der Waals surface area contributed by atoms with Gasteiger partial charge >= 0.3 is 12.1 Å². The van der Waals surface area contributed by atoms with Crippen LogP contribution in [-0.2, 0) is 19.1 Å². The zero-order chi connectivity index (χ0) is 31.9. The quantitative estimate of drug-likeness (QED) is 0.359. The Morgan fingerprint density at radius 3 is 2.09 bits per heavy atom. The summed E-state index contributed by atoms with van der Waals surface area (Å²) >= 11 is 0. The Morgan fingerprint density at radius 2 is 1.52 bits per heavy atom. The van der Waals surface area contributed by atoms with E-state index in [0.29, 0.717) is 29.9 Å². The summed E-state index contributed by atoms with van der Waals surface area (Å²) in [5, 5.41) is 0. The van der Waals surface area contributed by atoms with Crippen LogP contribution in [0, 0.1) is 5.92 Å². The third-order valence-corrected chi connectivity index (χ3v) is 8.72. The van der Waals surface area contributed by atoms with Gasteiger partial charge in [-0.1, -0.05) is 18.2 Å². The lowest BCUT2D eigenvalue weighted by Gasteiger charge is -2.40. The zero-order valence-corrected chi connectivity index (χ0v) is 27.0. The maximum atomic E-state index is 13.7. The molecule has 44 heavy (non-hydrogen) atoms. The molecule has 0 aliphatic carbocycles. The lowest BCUT2D eigenvalue weighted by atomic mass is 9.87. The third kappa shape index (κ3) is 6.61. The number of ether oxygens (including phenoxy) is 2. The number of fused-ring (bicyclic) bond motifs is 3. The van der Waals surface area contributed by atoms with E-state index < -0.39 is 11.7 Å². The van der Waals surface area contributed by atoms with Gasteiger partial charge in [0.1, 0.15) is 5.60 Å². The third-order valence-electron chi connectivity index (χ3n) is 8.72. The molecule has 0 radical (unpaired) electrons. The fourth-order valence-corrected chi connectivity index (χ4v) is 7.08. The van der Waals surface area contributed by atoms with Crippen LogP contribution >= 0.6 is 0 Å². The number of hydrogen-bond acceptors (Lipinski definition) is 6. The molecule has 0 spiro atoms. The average Bonchev–Trinajstić information content (AvgIpc) is 3.20. The predicted octanol–water partition coefficient (Wildman–Crippen LogP) is 6.58. The number of benzene rings is 2. The van der Waals surface area contributed by atoms with Crippen molar-refractivity contribution in [3.63, 3.8) is 0 Å². The molecule has 0 saturated carbocycles. The predicted molar refractivity (Wildman–Crippen MR) is 170 cm³/mol. The Labute approximate surface area is 260 Å². The summed E-state index contributed by atoms with van der Waals surface area (Å²) < 4.78 is 11.1. The SMILES string of the molecule is CC(=O)N1c2ccc(-c3ccc(C(=O)N4[C@@H]5CC[C@H]4CC(CC(=O)OC(C)(C)C)C5)cc3)cc2N(C(=O)OC(C)C)C[C@@H]1C. The number of carbonyl (C=O) groups excluding carboxylic acids is 4. The largest absolute Gasteiger partial charge is 0.460 e. The highest BCUT2D eigenvalue weighted by Gasteiger charge is 2.44. The van der Waals surface area contributed by atoms with Crippen LogP contribution in [0.3, 0.4) is 0 Å². The van der Waals surface area contributed by atoms with Gasteiger partial charge in [0.15, 0.2) is 0 Å². The fraction of sp³-hybridized carbons (Fsp3) is 0.543. The van der Waals surface area contributed by atoms with Gasteiger partial charge in [-0.15, -0.1) is 0 Å². The highest BCUT2D eigenvalue weighted by Crippen LogP contribution is 2.42. The molecular weight excluding hydrogens is 558 g/mol. The van der Waals surface area contributed by atoms with Gasteiger partial charge in [-0.2, -0.15) is 0 Å². The summed E-state index contributed by atoms with van der Waals surface area (Å²) in [7, 11) is 0. The maximum absolute atomic E-state index is 13.7. The molecule has 9 nitrogen and oxygen atoms in total. The summed E-state index contributed by atoms with van der Waals surface area (Å²) in [5.41, 5.74) is 3.18. The van der Waals surface area contributed by atoms with Crippen LogP contribution in [0.4, 0.5) is 16.2 Å². The second-order valence-electron chi connectivity index (χ2n) is 13.8. The van der Waals surface area contributed by atoms with Crippen LogP contribution in [0.5, 0.6) is 0 Å². The molecule has 2 aromatic rings. The van der Waals surface area contributed by atoms with Crippen LogP contribution in [0.1, 0.15) is 90.9 Å². The Balaban J connectivity index is 1.33. The van der Waals surface area contributed by atoms with Crippen molar-refractivity contribution >= 4 is 35.3 Å². The van der Waals surface area contributed by atoms with Gasteiger partial charge in [0.05, 0.1) is 23.5 Å². The Morgan fingerprint density at radius 1 is 0.909 bits per heavy atom. The molecule has 5 rings (SSSR count). The van der Waals surface area contributed by atoms with Crippen molar-refractivity contribution in [2.24, 2.45) is 5.92 Å². The first-order valence-electron chi connectivity index (χ1n) is 15.8. The van der Waals surface area contributed by atoms with E-state index in [0.717, 1.165) is 36.8 Å². The lowest BCUT2D eigenvalue weighted by Crippen LogP contribution is -2.51. The van der Waals surface area contributed by atoms with Gasteiger partial charge in [0, 0.05) is 37.5 Å². The Kier molecular flexibility index (Phi) is 8.78. The van der Waals surface area contributed by atoms with Crippen molar-refractivity contribution < 1.29 is 28.7 Å². The average molecular weight is 604 g/mol. The van der Waals surface area contributed by atoms with Gasteiger partial charge < -0.3 is 19.3 Å². The fourth-order valence-electron chi connectivity index (χ4n) is 7.08. The van der Waals surface area contributed by atoms with Crippen LogP contribution in [0.25, 0.3) is 11.1 Å². The van der Waals surface area contributed by atoms with E-state index in [4.69, 9.17) is 9.47 Å². The summed E-state index contributed by atoms with van der Waals surface area (Å²) in [5.74, 6) is 0.00737. The van der Waals surface area contributed by atoms with Gasteiger partial charge in [0.25, 0.3) is 5.91 Å². The van der Waals surface area contributed by atoms with Gasteiger partial charge in [-0.25, -0.2) is 4.79 Å². The lowest BCUT2D eigenvalue weighted by molar-refractivity contribution is -0.156. The zero-order valence-electron chi connectivity index (χ0n) is 27.0. The van der Waals surface area contributed by atoms with E-state index in [1.54, 1.807) is 9.80 Å². The number of esters is 1. The number of amides is 3. The molecule has 4 atom stereocenters. The van der Waals surface area contributed by atoms with Crippen molar-refractivity contribution in [3.8, 4) is 11.1 Å². The van der Waals surface area contributed by atoms with E-state index in [1.165, 1.54) is 6.92 Å². The van der Waals surface area contributed by atoms with Crippen molar-refractivity contribution in [1.29, 1.82) is 0 Å². The first-order valence-corrected chi connectivity index (χ1v) is 15.8. The van der Waals surface area contributed by atoms with E-state index in [1.807, 2.05) is 88.9 Å². The van der Waals surface area contributed by atoms with E-state index >= 15 is 0 Å². The van der Waals surface area contributed by atoms with Crippen molar-refractivity contribution in [3.05, 3.63) is 48.0 Å². The van der Waals surface area contributed by atoms with Crippen LogP contribution in [0.2, 0.25) is 0 Å². The molecule has 2 fully saturated rings. The number of rotatable bonds is 5. The second-order valence-corrected chi connectivity index (χ2v) is 13.8. The monoisotopic (exact) mass is 603 g/mol. The number of piperidine rings is 1. The summed E-state index contributed by atoms with van der Waals surface area (Å²) in [6.45, 7) is 13.0. The first-order chi connectivity index (χ1) is 20.7. The van der Waals surface area contributed by atoms with Gasteiger partial charge in [0.2, 0.25) is 5.91 Å². The molecule has 2 saturated heterocycles. The summed E-state index contributed by atoms with van der Waals surface area (Å²) in [6, 6.07) is 13.4. The summed E-state index contributed by atoms with van der Waals surface area (Å²) in [6.07, 6.45) is 3.24. The minimum absolute atomic E-state index is 0.0268. The molecule has 0 N–H and O–H groups in total. The van der Waals surface area contributed by atoms with Crippen molar-refractivity contribution in [2.75, 3.05) is 16.3 Å². The molecule has 9 heteroatoms. The van der Waals surface area contributed by atoms with E-state index in [-0.39, 0.29) is 47.9 Å². The second kappa shape index (κ2) is 12.3. The molecule has 0 aromatic heterocycles. The molecule has 236 valence electrons. The highest BCUT2D eigenvalue weighted by molar-refractivity contribution is 6.03. The highest BCUT2D eigenvalue weighted by atomic mass is 16.6. The van der Waals surface area contributed by atoms with Crippen molar-refractivity contribution in [1.82, 2.24) is 4.90 Å². The number of hydrogen-bond donors (Lipinski definition) is 0. The molecule has 2 bridgehead atoms. The topological polar surface area (TPSA) is 96.5 Å². The number of carbonyl (C=O) groups is 4. The molecular formula is C35H45N3O6. The molecule has 3 aliphatic rings. The van der Waals surface area contributed by atoms with Crippen LogP contribution in [-0.4, -0.2) is 65.2 Å². The number of anilines is 2. The van der Waals surface area contributed by atoms with E-state index in [2.05, 4.69) is 0 Å². The first kappa shape index (κ1) is 31.5. The smallest absolute Gasteiger partial charge is 0.414 e.